The van der Waals surface area contributed by atoms with Crippen molar-refractivity contribution < 1.29 is 8.42 Å². The number of sulfone groups is 1. The first kappa shape index (κ1) is 13.5. The molecule has 0 amide bonds. The Morgan fingerprint density at radius 2 is 1.72 bits per heavy atom. The predicted octanol–water partition coefficient (Wildman–Crippen LogP) is 0.491. The Bertz CT molecular complexity index is 509. The van der Waals surface area contributed by atoms with E-state index in [0.717, 1.165) is 5.56 Å². The third-order valence-corrected chi connectivity index (χ3v) is 6.41. The highest BCUT2D eigenvalue weighted by Crippen LogP contribution is 2.61. The van der Waals surface area contributed by atoms with Crippen LogP contribution in [0.25, 0.3) is 0 Å². The molecule has 1 saturated carbocycles. The summed E-state index contributed by atoms with van der Waals surface area (Å²) in [5.41, 5.74) is 12.2. The minimum Gasteiger partial charge on any atom is -0.330 e. The van der Waals surface area contributed by atoms with E-state index in [-0.39, 0.29) is 11.7 Å². The third kappa shape index (κ3) is 1.86. The fraction of sp³-hybridized carbons (Fsp3) is 0.538. The first-order valence-electron chi connectivity index (χ1n) is 6.20. The molecule has 4 nitrogen and oxygen atoms in total. The van der Waals surface area contributed by atoms with E-state index in [0.29, 0.717) is 13.1 Å². The van der Waals surface area contributed by atoms with Crippen LogP contribution in [0.5, 0.6) is 0 Å². The van der Waals surface area contributed by atoms with E-state index in [1.54, 1.807) is 6.92 Å². The van der Waals surface area contributed by atoms with Gasteiger partial charge in [-0.3, -0.25) is 0 Å². The molecule has 1 aromatic rings. The summed E-state index contributed by atoms with van der Waals surface area (Å²) in [7, 11) is -3.11. The van der Waals surface area contributed by atoms with Gasteiger partial charge in [-0.05, 0) is 5.56 Å². The summed E-state index contributed by atoms with van der Waals surface area (Å²) in [4.78, 5) is 0. The molecular formula is C13H20N2O2S. The normalized spacial score (nSPS) is 25.9. The van der Waals surface area contributed by atoms with Gasteiger partial charge < -0.3 is 11.5 Å². The molecule has 1 aromatic carbocycles. The van der Waals surface area contributed by atoms with Gasteiger partial charge in [0.2, 0.25) is 0 Å². The number of benzene rings is 1. The SMILES string of the molecule is CCS(=O)(=O)[C@H]1[C@H](c2ccccc2)C1(CN)CN. The lowest BCUT2D eigenvalue weighted by molar-refractivity contribution is 0.510. The fourth-order valence-corrected chi connectivity index (χ4v) is 5.11. The van der Waals surface area contributed by atoms with Crippen LogP contribution in [0.2, 0.25) is 0 Å². The molecular weight excluding hydrogens is 248 g/mol. The predicted molar refractivity (Wildman–Crippen MR) is 73.0 cm³/mol. The van der Waals surface area contributed by atoms with Gasteiger partial charge in [-0.25, -0.2) is 8.42 Å². The molecule has 0 spiro atoms. The Morgan fingerprint density at radius 3 is 2.17 bits per heavy atom. The number of nitrogens with two attached hydrogens (primary N) is 2. The van der Waals surface area contributed by atoms with Crippen LogP contribution in [0.4, 0.5) is 0 Å². The average molecular weight is 268 g/mol. The van der Waals surface area contributed by atoms with E-state index in [1.807, 2.05) is 30.3 Å². The maximum Gasteiger partial charge on any atom is 0.154 e. The fourth-order valence-electron chi connectivity index (χ4n) is 2.93. The van der Waals surface area contributed by atoms with Crippen molar-refractivity contribution in [1.82, 2.24) is 0 Å². The molecule has 1 aliphatic carbocycles. The van der Waals surface area contributed by atoms with Crippen molar-refractivity contribution in [3.8, 4) is 0 Å². The second-order valence-corrected chi connectivity index (χ2v) is 7.31. The molecule has 5 heteroatoms. The number of rotatable bonds is 5. The van der Waals surface area contributed by atoms with Gasteiger partial charge in [0.1, 0.15) is 0 Å². The molecule has 0 aliphatic heterocycles. The Labute approximate surface area is 108 Å². The van der Waals surface area contributed by atoms with E-state index < -0.39 is 20.5 Å². The first-order valence-corrected chi connectivity index (χ1v) is 7.91. The first-order chi connectivity index (χ1) is 8.53. The minimum atomic E-state index is -3.11. The van der Waals surface area contributed by atoms with Crippen molar-refractivity contribution in [2.45, 2.75) is 18.1 Å². The lowest BCUT2D eigenvalue weighted by Gasteiger charge is -2.12. The summed E-state index contributed by atoms with van der Waals surface area (Å²) in [5, 5.41) is -0.424. The van der Waals surface area contributed by atoms with Crippen molar-refractivity contribution in [1.29, 1.82) is 0 Å². The Hall–Kier alpha value is -0.910. The lowest BCUT2D eigenvalue weighted by atomic mass is 9.99. The topological polar surface area (TPSA) is 86.2 Å². The molecule has 0 heterocycles. The molecule has 2 rings (SSSR count). The van der Waals surface area contributed by atoms with Gasteiger partial charge in [-0.15, -0.1) is 0 Å². The van der Waals surface area contributed by atoms with Crippen molar-refractivity contribution in [3.63, 3.8) is 0 Å². The van der Waals surface area contributed by atoms with Crippen molar-refractivity contribution >= 4 is 9.84 Å². The summed E-state index contributed by atoms with van der Waals surface area (Å²) in [6.45, 7) is 2.30. The van der Waals surface area contributed by atoms with Gasteiger partial charge in [-0.2, -0.15) is 0 Å². The zero-order valence-electron chi connectivity index (χ0n) is 10.5. The maximum absolute atomic E-state index is 12.2. The van der Waals surface area contributed by atoms with Crippen LogP contribution in [-0.4, -0.2) is 32.5 Å². The zero-order valence-corrected chi connectivity index (χ0v) is 11.4. The summed E-state index contributed by atoms with van der Waals surface area (Å²) in [5.74, 6) is 0.0848. The van der Waals surface area contributed by atoms with E-state index in [4.69, 9.17) is 11.5 Å². The van der Waals surface area contributed by atoms with Crippen LogP contribution >= 0.6 is 0 Å². The Morgan fingerprint density at radius 1 is 1.17 bits per heavy atom. The zero-order chi connectivity index (χ0) is 13.4. The molecule has 2 atom stereocenters. The standard InChI is InChI=1S/C13H20N2O2S/c1-2-18(16,17)12-11(13(12,8-14)9-15)10-6-4-3-5-7-10/h3-7,11-12H,2,8-9,14-15H2,1H3/t11-,12-/m0/s1. The van der Waals surface area contributed by atoms with Gasteiger partial charge in [0, 0.05) is 30.2 Å². The van der Waals surface area contributed by atoms with E-state index in [2.05, 4.69) is 0 Å². The van der Waals surface area contributed by atoms with Crippen LogP contribution in [0, 0.1) is 5.41 Å². The largest absolute Gasteiger partial charge is 0.330 e. The summed E-state index contributed by atoms with van der Waals surface area (Å²) in [6.07, 6.45) is 0. The van der Waals surface area contributed by atoms with Crippen LogP contribution in [0.1, 0.15) is 18.4 Å². The van der Waals surface area contributed by atoms with E-state index in [1.165, 1.54) is 0 Å². The number of hydrogen-bond donors (Lipinski definition) is 2. The summed E-state index contributed by atoms with van der Waals surface area (Å²) < 4.78 is 24.3. The molecule has 0 radical (unpaired) electrons. The van der Waals surface area contributed by atoms with Crippen molar-refractivity contribution in [3.05, 3.63) is 35.9 Å². The molecule has 100 valence electrons. The van der Waals surface area contributed by atoms with E-state index >= 15 is 0 Å². The molecule has 1 aliphatic rings. The van der Waals surface area contributed by atoms with Crippen LogP contribution in [-0.2, 0) is 9.84 Å². The van der Waals surface area contributed by atoms with Gasteiger partial charge in [0.05, 0.1) is 5.25 Å². The van der Waals surface area contributed by atoms with Crippen LogP contribution in [0.3, 0.4) is 0 Å². The van der Waals surface area contributed by atoms with Crippen molar-refractivity contribution in [2.24, 2.45) is 16.9 Å². The third-order valence-electron chi connectivity index (χ3n) is 4.09. The minimum absolute atomic E-state index is 0.0568. The maximum atomic E-state index is 12.2. The second-order valence-electron chi connectivity index (χ2n) is 4.90. The van der Waals surface area contributed by atoms with Gasteiger partial charge in [0.25, 0.3) is 0 Å². The molecule has 0 aromatic heterocycles. The van der Waals surface area contributed by atoms with Gasteiger partial charge >= 0.3 is 0 Å². The van der Waals surface area contributed by atoms with Gasteiger partial charge in [-0.1, -0.05) is 37.3 Å². The highest BCUT2D eigenvalue weighted by Gasteiger charge is 2.68. The van der Waals surface area contributed by atoms with Crippen molar-refractivity contribution in [2.75, 3.05) is 18.8 Å². The van der Waals surface area contributed by atoms with E-state index in [9.17, 15) is 8.42 Å². The molecule has 4 N–H and O–H groups in total. The quantitative estimate of drug-likeness (QED) is 0.814. The number of hydrogen-bond acceptors (Lipinski definition) is 4. The summed E-state index contributed by atoms with van der Waals surface area (Å²) in [6, 6.07) is 9.66. The highest BCUT2D eigenvalue weighted by atomic mass is 32.2. The molecule has 0 bridgehead atoms. The Balaban J connectivity index is 2.42. The molecule has 18 heavy (non-hydrogen) atoms. The monoisotopic (exact) mass is 268 g/mol. The smallest absolute Gasteiger partial charge is 0.154 e. The highest BCUT2D eigenvalue weighted by molar-refractivity contribution is 7.92. The van der Waals surface area contributed by atoms with Crippen LogP contribution < -0.4 is 11.5 Å². The second kappa shape index (κ2) is 4.64. The average Bonchev–Trinajstić information content (AvgIpc) is 3.10. The molecule has 1 fully saturated rings. The Kier molecular flexibility index (Phi) is 3.49. The van der Waals surface area contributed by atoms with Crippen LogP contribution in [0.15, 0.2) is 30.3 Å². The van der Waals surface area contributed by atoms with Gasteiger partial charge in [0.15, 0.2) is 9.84 Å². The molecule has 0 saturated heterocycles. The lowest BCUT2D eigenvalue weighted by Crippen LogP contribution is -2.31. The summed E-state index contributed by atoms with van der Waals surface area (Å²) >= 11 is 0. The molecule has 0 unspecified atom stereocenters.